The molecule has 0 heterocycles. The average Bonchev–Trinajstić information content (AvgIpc) is 2.73. The van der Waals surface area contributed by atoms with Crippen molar-refractivity contribution in [2.75, 3.05) is 26.6 Å². The van der Waals surface area contributed by atoms with Crippen molar-refractivity contribution in [3.63, 3.8) is 0 Å². The zero-order valence-electron chi connectivity index (χ0n) is 18.5. The molecular formula is C23H27ClN2O5. The molecule has 0 saturated carbocycles. The first kappa shape index (κ1) is 24.1. The minimum Gasteiger partial charge on any atom is -0.493 e. The molecule has 0 saturated heterocycles. The van der Waals surface area contributed by atoms with Crippen LogP contribution in [0.15, 0.2) is 42.1 Å². The Morgan fingerprint density at radius 2 is 1.55 bits per heavy atom. The number of carbonyl (C=O) groups excluding carboxylic acids is 2. The molecule has 2 amide bonds. The Kier molecular flexibility index (Phi) is 7.94. The fourth-order valence-electron chi connectivity index (χ4n) is 2.57. The number of methoxy groups -OCH3 is 3. The SMILES string of the molecule is COc1cc(/C=C(/NC(=O)C(C)(C)C)C(=O)Nc2ccccc2Cl)cc(OC)c1OC. The van der Waals surface area contributed by atoms with Crippen LogP contribution in [-0.2, 0) is 9.59 Å². The van der Waals surface area contributed by atoms with E-state index >= 15 is 0 Å². The van der Waals surface area contributed by atoms with Crippen LogP contribution < -0.4 is 24.8 Å². The second kappa shape index (κ2) is 10.2. The van der Waals surface area contributed by atoms with Crippen molar-refractivity contribution in [3.8, 4) is 17.2 Å². The Hall–Kier alpha value is -3.19. The highest BCUT2D eigenvalue weighted by atomic mass is 35.5. The van der Waals surface area contributed by atoms with Crippen LogP contribution in [0.4, 0.5) is 5.69 Å². The summed E-state index contributed by atoms with van der Waals surface area (Å²) in [6.07, 6.45) is 1.53. The number of nitrogens with one attached hydrogen (secondary N) is 2. The van der Waals surface area contributed by atoms with E-state index in [-0.39, 0.29) is 11.6 Å². The maximum Gasteiger partial charge on any atom is 0.272 e. The molecule has 8 heteroatoms. The van der Waals surface area contributed by atoms with Gasteiger partial charge in [-0.2, -0.15) is 0 Å². The number of ether oxygens (including phenoxy) is 3. The van der Waals surface area contributed by atoms with Crippen LogP contribution in [0.5, 0.6) is 17.2 Å². The molecule has 7 nitrogen and oxygen atoms in total. The van der Waals surface area contributed by atoms with Gasteiger partial charge in [-0.3, -0.25) is 9.59 Å². The van der Waals surface area contributed by atoms with Gasteiger partial charge in [-0.15, -0.1) is 0 Å². The van der Waals surface area contributed by atoms with E-state index in [0.29, 0.717) is 33.5 Å². The Labute approximate surface area is 187 Å². The number of rotatable bonds is 7. The predicted octanol–water partition coefficient (Wildman–Crippen LogP) is 4.51. The minimum atomic E-state index is -0.709. The molecule has 0 atom stereocenters. The van der Waals surface area contributed by atoms with Gasteiger partial charge in [0.1, 0.15) is 5.70 Å². The molecule has 0 aromatic heterocycles. The van der Waals surface area contributed by atoms with E-state index in [0.717, 1.165) is 0 Å². The van der Waals surface area contributed by atoms with Crippen molar-refractivity contribution in [2.24, 2.45) is 5.41 Å². The maximum absolute atomic E-state index is 13.0. The molecule has 2 N–H and O–H groups in total. The molecule has 0 aliphatic rings. The van der Waals surface area contributed by atoms with Crippen LogP contribution >= 0.6 is 11.6 Å². The Morgan fingerprint density at radius 3 is 2.03 bits per heavy atom. The number of halogens is 1. The second-order valence-electron chi connectivity index (χ2n) is 7.65. The highest BCUT2D eigenvalue weighted by Crippen LogP contribution is 2.38. The van der Waals surface area contributed by atoms with Gasteiger partial charge >= 0.3 is 0 Å². The minimum absolute atomic E-state index is 0.0362. The van der Waals surface area contributed by atoms with Gasteiger partial charge in [0.25, 0.3) is 5.91 Å². The molecule has 2 aromatic carbocycles. The van der Waals surface area contributed by atoms with E-state index in [9.17, 15) is 9.59 Å². The number of para-hydroxylation sites is 1. The smallest absolute Gasteiger partial charge is 0.272 e. The highest BCUT2D eigenvalue weighted by molar-refractivity contribution is 6.34. The molecule has 0 radical (unpaired) electrons. The van der Waals surface area contributed by atoms with Gasteiger partial charge in [0, 0.05) is 5.41 Å². The summed E-state index contributed by atoms with van der Waals surface area (Å²) in [5.74, 6) is 0.408. The van der Waals surface area contributed by atoms with E-state index in [1.807, 2.05) is 0 Å². The normalized spacial score (nSPS) is 11.5. The zero-order valence-corrected chi connectivity index (χ0v) is 19.2. The molecule has 166 valence electrons. The van der Waals surface area contributed by atoms with Crippen LogP contribution in [0.3, 0.4) is 0 Å². The second-order valence-corrected chi connectivity index (χ2v) is 8.06. The third kappa shape index (κ3) is 6.15. The molecular weight excluding hydrogens is 420 g/mol. The third-order valence-corrected chi connectivity index (χ3v) is 4.62. The summed E-state index contributed by atoms with van der Waals surface area (Å²) in [5.41, 5.74) is 0.316. The van der Waals surface area contributed by atoms with Crippen molar-refractivity contribution in [1.29, 1.82) is 0 Å². The van der Waals surface area contributed by atoms with E-state index < -0.39 is 11.3 Å². The van der Waals surface area contributed by atoms with Gasteiger partial charge in [0.15, 0.2) is 11.5 Å². The van der Waals surface area contributed by atoms with Gasteiger partial charge in [0.2, 0.25) is 11.7 Å². The molecule has 0 bridgehead atoms. The molecule has 31 heavy (non-hydrogen) atoms. The van der Waals surface area contributed by atoms with E-state index in [2.05, 4.69) is 10.6 Å². The highest BCUT2D eigenvalue weighted by Gasteiger charge is 2.25. The van der Waals surface area contributed by atoms with E-state index in [1.165, 1.54) is 27.4 Å². The molecule has 0 unspecified atom stereocenters. The number of benzene rings is 2. The zero-order chi connectivity index (χ0) is 23.2. The predicted molar refractivity (Wildman–Crippen MR) is 122 cm³/mol. The number of carbonyl (C=O) groups is 2. The first-order chi connectivity index (χ1) is 14.6. The van der Waals surface area contributed by atoms with Crippen molar-refractivity contribution >= 4 is 35.2 Å². The number of hydrogen-bond acceptors (Lipinski definition) is 5. The lowest BCUT2D eigenvalue weighted by Crippen LogP contribution is -2.38. The summed E-state index contributed by atoms with van der Waals surface area (Å²) < 4.78 is 16.1. The van der Waals surface area contributed by atoms with Crippen molar-refractivity contribution in [1.82, 2.24) is 5.32 Å². The summed E-state index contributed by atoms with van der Waals surface area (Å²) in [6, 6.07) is 10.2. The summed E-state index contributed by atoms with van der Waals surface area (Å²) >= 11 is 6.16. The quantitative estimate of drug-likeness (QED) is 0.611. The fraction of sp³-hybridized carbons (Fsp3) is 0.304. The molecule has 0 aliphatic carbocycles. The Balaban J connectivity index is 2.51. The molecule has 0 spiro atoms. The van der Waals surface area contributed by atoms with Crippen LogP contribution in [0, 0.1) is 5.41 Å². The number of amides is 2. The first-order valence-corrected chi connectivity index (χ1v) is 9.87. The lowest BCUT2D eigenvalue weighted by atomic mass is 9.95. The topological polar surface area (TPSA) is 85.9 Å². The van der Waals surface area contributed by atoms with Gasteiger partial charge < -0.3 is 24.8 Å². The van der Waals surface area contributed by atoms with E-state index in [4.69, 9.17) is 25.8 Å². The van der Waals surface area contributed by atoms with Gasteiger partial charge in [-0.05, 0) is 35.9 Å². The lowest BCUT2D eigenvalue weighted by molar-refractivity contribution is -0.128. The van der Waals surface area contributed by atoms with E-state index in [1.54, 1.807) is 57.2 Å². The summed E-state index contributed by atoms with van der Waals surface area (Å²) in [6.45, 7) is 5.27. The van der Waals surface area contributed by atoms with Crippen LogP contribution in [0.25, 0.3) is 6.08 Å². The monoisotopic (exact) mass is 446 g/mol. The Bertz CT molecular complexity index is 971. The number of anilines is 1. The van der Waals surface area contributed by atoms with Crippen LogP contribution in [0.2, 0.25) is 5.02 Å². The largest absolute Gasteiger partial charge is 0.493 e. The average molecular weight is 447 g/mol. The van der Waals surface area contributed by atoms with Crippen molar-refractivity contribution < 1.29 is 23.8 Å². The van der Waals surface area contributed by atoms with Crippen molar-refractivity contribution in [2.45, 2.75) is 20.8 Å². The van der Waals surface area contributed by atoms with Crippen molar-refractivity contribution in [3.05, 3.63) is 52.7 Å². The summed E-state index contributed by atoms with van der Waals surface area (Å²) in [5, 5.41) is 5.81. The maximum atomic E-state index is 13.0. The van der Waals surface area contributed by atoms with Crippen LogP contribution in [-0.4, -0.2) is 33.1 Å². The third-order valence-electron chi connectivity index (χ3n) is 4.29. The van der Waals surface area contributed by atoms with Gasteiger partial charge in [-0.25, -0.2) is 0 Å². The fourth-order valence-corrected chi connectivity index (χ4v) is 2.75. The van der Waals surface area contributed by atoms with Gasteiger partial charge in [-0.1, -0.05) is 44.5 Å². The molecule has 2 aromatic rings. The molecule has 2 rings (SSSR count). The molecule has 0 fully saturated rings. The van der Waals surface area contributed by atoms with Gasteiger partial charge in [0.05, 0.1) is 32.0 Å². The Morgan fingerprint density at radius 1 is 0.968 bits per heavy atom. The standard InChI is InChI=1S/C23H27ClN2O5/c1-23(2,3)22(28)26-17(21(27)25-16-10-8-7-9-15(16)24)11-14-12-18(29-4)20(31-6)19(13-14)30-5/h7-13H,1-6H3,(H,25,27)(H,26,28)/b17-11+. The van der Waals surface area contributed by atoms with Crippen LogP contribution in [0.1, 0.15) is 26.3 Å². The first-order valence-electron chi connectivity index (χ1n) is 9.49. The molecule has 0 aliphatic heterocycles. The number of hydrogen-bond donors (Lipinski definition) is 2. The summed E-state index contributed by atoms with van der Waals surface area (Å²) in [4.78, 5) is 25.6. The summed E-state index contributed by atoms with van der Waals surface area (Å²) in [7, 11) is 4.50. The lowest BCUT2D eigenvalue weighted by Gasteiger charge is -2.20.